The molecule has 0 bridgehead atoms. The number of alkyl halides is 3. The van der Waals surface area contributed by atoms with Gasteiger partial charge < -0.3 is 0 Å². The van der Waals surface area contributed by atoms with E-state index in [4.69, 9.17) is 0 Å². The highest BCUT2D eigenvalue weighted by Gasteiger charge is 2.28. The lowest BCUT2D eigenvalue weighted by Crippen LogP contribution is -2.11. The second-order valence-corrected chi connectivity index (χ2v) is 3.02. The smallest absolute Gasteiger partial charge is 0.300 e. The third-order valence-corrected chi connectivity index (χ3v) is 1.39. The largest absolute Gasteiger partial charge is 0.395 e. The summed E-state index contributed by atoms with van der Waals surface area (Å²) in [6.07, 6.45) is -4.81. The summed E-state index contributed by atoms with van der Waals surface area (Å²) in [4.78, 5) is 19.7. The molecule has 88 valence electrons. The van der Waals surface area contributed by atoms with Crippen molar-refractivity contribution in [3.05, 3.63) is 35.9 Å². The number of hydrogen-bond donors (Lipinski definition) is 0. The number of halogens is 3. The third-order valence-electron chi connectivity index (χ3n) is 1.39. The van der Waals surface area contributed by atoms with E-state index in [0.29, 0.717) is 0 Å². The normalized spacial score (nSPS) is 10.0. The number of ketones is 1. The number of rotatable bonds is 2. The van der Waals surface area contributed by atoms with Gasteiger partial charge in [-0.1, -0.05) is 30.3 Å². The molecule has 1 rings (SSSR count). The summed E-state index contributed by atoms with van der Waals surface area (Å²) in [6, 6.07) is 9.10. The van der Waals surface area contributed by atoms with Crippen LogP contribution in [0.3, 0.4) is 0 Å². The average molecular weight is 232 g/mol. The number of carbonyl (C=O) groups excluding carboxylic acids is 2. The molecule has 0 aromatic heterocycles. The molecular weight excluding hydrogens is 221 g/mol. The molecule has 0 saturated carbocycles. The molecule has 0 N–H and O–H groups in total. The fourth-order valence-corrected chi connectivity index (χ4v) is 0.814. The Morgan fingerprint density at radius 1 is 1.25 bits per heavy atom. The number of carbonyl (C=O) groups is 2. The van der Waals surface area contributed by atoms with Gasteiger partial charge in [-0.15, -0.1) is 0 Å². The van der Waals surface area contributed by atoms with E-state index in [-0.39, 0.29) is 0 Å². The molecule has 0 radical (unpaired) electrons. The second-order valence-electron chi connectivity index (χ2n) is 3.02. The van der Waals surface area contributed by atoms with Crippen molar-refractivity contribution in [2.75, 3.05) is 0 Å². The lowest BCUT2D eigenvalue weighted by Gasteiger charge is -1.99. The van der Waals surface area contributed by atoms with E-state index in [9.17, 15) is 22.8 Å². The van der Waals surface area contributed by atoms with Gasteiger partial charge in [0.2, 0.25) is 0 Å². The Labute approximate surface area is 91.1 Å². The topological polar surface area (TPSA) is 34.1 Å². The molecular formula is C11H11F3O2. The maximum Gasteiger partial charge on any atom is 0.395 e. The van der Waals surface area contributed by atoms with Crippen molar-refractivity contribution in [3.63, 3.8) is 0 Å². The van der Waals surface area contributed by atoms with E-state index in [1.165, 1.54) is 0 Å². The Morgan fingerprint density at radius 2 is 1.75 bits per heavy atom. The first-order valence-corrected chi connectivity index (χ1v) is 4.41. The minimum atomic E-state index is -4.33. The maximum atomic E-state index is 11.1. The van der Waals surface area contributed by atoms with Crippen LogP contribution in [-0.2, 0) is 4.79 Å². The molecule has 5 heteroatoms. The van der Waals surface area contributed by atoms with Crippen molar-refractivity contribution >= 4 is 12.1 Å². The van der Waals surface area contributed by atoms with E-state index >= 15 is 0 Å². The fraction of sp³-hybridized carbons (Fsp3) is 0.273. The summed E-state index contributed by atoms with van der Waals surface area (Å²) in [5.41, 5.74) is 0.729. The van der Waals surface area contributed by atoms with Gasteiger partial charge in [-0.25, -0.2) is 0 Å². The fourth-order valence-electron chi connectivity index (χ4n) is 0.814. The Balaban J connectivity index is 0.000000281. The molecule has 0 unspecified atom stereocenters. The lowest BCUT2D eigenvalue weighted by atomic mass is 10.2. The van der Waals surface area contributed by atoms with Crippen LogP contribution < -0.4 is 0 Å². The van der Waals surface area contributed by atoms with E-state index in [0.717, 1.165) is 18.8 Å². The lowest BCUT2D eigenvalue weighted by molar-refractivity contribution is -0.150. The summed E-state index contributed by atoms with van der Waals surface area (Å²) in [6.45, 7) is 0.910. The van der Waals surface area contributed by atoms with Crippen LogP contribution in [0.4, 0.5) is 13.2 Å². The van der Waals surface area contributed by atoms with Gasteiger partial charge in [-0.3, -0.25) is 9.59 Å². The minimum Gasteiger partial charge on any atom is -0.300 e. The minimum absolute atomic E-state index is 0.729. The first-order chi connectivity index (χ1) is 7.35. The molecule has 0 aliphatic heterocycles. The molecule has 16 heavy (non-hydrogen) atoms. The monoisotopic (exact) mass is 232 g/mol. The molecule has 0 spiro atoms. The number of hydrogen-bond acceptors (Lipinski definition) is 2. The maximum absolute atomic E-state index is 11.1. The molecule has 0 atom stereocenters. The number of benzene rings is 1. The van der Waals surface area contributed by atoms with Gasteiger partial charge in [0, 0.05) is 5.56 Å². The zero-order valence-corrected chi connectivity index (χ0v) is 8.62. The van der Waals surface area contributed by atoms with Gasteiger partial charge in [-0.05, 0) is 6.92 Å². The summed E-state index contributed by atoms with van der Waals surface area (Å²) < 4.78 is 33.3. The van der Waals surface area contributed by atoms with E-state index in [2.05, 4.69) is 0 Å². The summed E-state index contributed by atoms with van der Waals surface area (Å²) in [7, 11) is 0. The molecule has 0 fully saturated rings. The van der Waals surface area contributed by atoms with Gasteiger partial charge >= 0.3 is 6.18 Å². The molecule has 0 saturated heterocycles. The summed E-state index contributed by atoms with van der Waals surface area (Å²) in [5, 5.41) is 0. The predicted molar refractivity (Wildman–Crippen MR) is 53.2 cm³/mol. The van der Waals surface area contributed by atoms with Crippen LogP contribution in [0.25, 0.3) is 0 Å². The van der Waals surface area contributed by atoms with E-state index < -0.39 is 18.4 Å². The highest BCUT2D eigenvalue weighted by Crippen LogP contribution is 2.18. The molecule has 0 amide bonds. The Hall–Kier alpha value is -1.65. The second kappa shape index (κ2) is 6.76. The molecule has 1 aromatic carbocycles. The van der Waals surface area contributed by atoms with Crippen LogP contribution in [-0.4, -0.2) is 18.2 Å². The summed E-state index contributed by atoms with van der Waals surface area (Å²) >= 11 is 0. The van der Waals surface area contributed by atoms with Crippen LogP contribution in [0.15, 0.2) is 30.3 Å². The van der Waals surface area contributed by atoms with Crippen LogP contribution in [0.1, 0.15) is 23.7 Å². The Bertz CT molecular complexity index is 331. The Kier molecular flexibility index (Phi) is 6.07. The van der Waals surface area contributed by atoms with Crippen molar-refractivity contribution < 1.29 is 22.8 Å². The molecule has 0 aliphatic carbocycles. The zero-order chi connectivity index (χ0) is 12.6. The van der Waals surface area contributed by atoms with E-state index in [1.807, 2.05) is 18.2 Å². The van der Waals surface area contributed by atoms with E-state index in [1.54, 1.807) is 12.1 Å². The molecule has 0 aliphatic rings. The first kappa shape index (κ1) is 14.4. The van der Waals surface area contributed by atoms with Gasteiger partial charge in [-0.2, -0.15) is 13.2 Å². The van der Waals surface area contributed by atoms with Crippen molar-refractivity contribution in [1.29, 1.82) is 0 Å². The number of Topliss-reactive ketones (excluding diaryl/α,β-unsaturated/α-hetero) is 1. The standard InChI is InChI=1S/C7H6O.C4H5F3O/c8-6-7-4-2-1-3-5-7;1-3(8)2-4(5,6)7/h1-6H;2H2,1H3. The number of aldehydes is 1. The first-order valence-electron chi connectivity index (χ1n) is 4.41. The highest BCUT2D eigenvalue weighted by molar-refractivity contribution is 5.76. The molecule has 1 aromatic rings. The van der Waals surface area contributed by atoms with Crippen molar-refractivity contribution in [2.45, 2.75) is 19.5 Å². The van der Waals surface area contributed by atoms with Gasteiger partial charge in [0.1, 0.15) is 18.5 Å². The van der Waals surface area contributed by atoms with Gasteiger partial charge in [0.15, 0.2) is 0 Å². The summed E-state index contributed by atoms with van der Waals surface area (Å²) in [5.74, 6) is -0.850. The average Bonchev–Trinajstić information content (AvgIpc) is 2.16. The van der Waals surface area contributed by atoms with Crippen LogP contribution in [0.2, 0.25) is 0 Å². The SMILES string of the molecule is CC(=O)CC(F)(F)F.O=Cc1ccccc1. The molecule has 0 heterocycles. The predicted octanol–water partition coefficient (Wildman–Crippen LogP) is 3.03. The van der Waals surface area contributed by atoms with Crippen LogP contribution in [0.5, 0.6) is 0 Å². The van der Waals surface area contributed by atoms with Crippen molar-refractivity contribution in [1.82, 2.24) is 0 Å². The van der Waals surface area contributed by atoms with Gasteiger partial charge in [0.25, 0.3) is 0 Å². The quantitative estimate of drug-likeness (QED) is 0.734. The third kappa shape index (κ3) is 8.93. The Morgan fingerprint density at radius 3 is 1.94 bits per heavy atom. The van der Waals surface area contributed by atoms with Crippen LogP contribution >= 0.6 is 0 Å². The zero-order valence-electron chi connectivity index (χ0n) is 8.62. The van der Waals surface area contributed by atoms with Crippen molar-refractivity contribution in [2.24, 2.45) is 0 Å². The van der Waals surface area contributed by atoms with Gasteiger partial charge in [0.05, 0.1) is 0 Å². The van der Waals surface area contributed by atoms with Crippen molar-refractivity contribution in [3.8, 4) is 0 Å². The van der Waals surface area contributed by atoms with Crippen LogP contribution in [0, 0.1) is 0 Å². The highest BCUT2D eigenvalue weighted by atomic mass is 19.4. The molecule has 2 nitrogen and oxygen atoms in total.